The van der Waals surface area contributed by atoms with Gasteiger partial charge in [-0.1, -0.05) is 29.8 Å². The molecular formula is C13H20N2O2. The monoisotopic (exact) mass is 236 g/mol. The first-order valence-corrected chi connectivity index (χ1v) is 5.78. The molecule has 2 amide bonds. The third-order valence-electron chi connectivity index (χ3n) is 2.38. The number of methoxy groups -OCH3 is 1. The number of nitrogens with one attached hydrogen (secondary N) is 2. The van der Waals surface area contributed by atoms with Crippen molar-refractivity contribution in [1.82, 2.24) is 10.6 Å². The number of amides is 2. The van der Waals surface area contributed by atoms with E-state index in [2.05, 4.69) is 10.6 Å². The standard InChI is InChI=1S/C13H20N2O2/c1-11-4-6-12(7-5-11)10-15-13(16)14-8-3-9-17-2/h4-7H,3,8-10H2,1-2H3,(H2,14,15,16). The van der Waals surface area contributed by atoms with Crippen LogP contribution in [0.25, 0.3) is 0 Å². The Hall–Kier alpha value is -1.55. The predicted octanol–water partition coefficient (Wildman–Crippen LogP) is 1.83. The number of urea groups is 1. The summed E-state index contributed by atoms with van der Waals surface area (Å²) in [6.45, 7) is 3.89. The van der Waals surface area contributed by atoms with Gasteiger partial charge in [0.1, 0.15) is 0 Å². The summed E-state index contributed by atoms with van der Waals surface area (Å²) in [5, 5.41) is 5.57. The highest BCUT2D eigenvalue weighted by molar-refractivity contribution is 5.73. The highest BCUT2D eigenvalue weighted by atomic mass is 16.5. The lowest BCUT2D eigenvalue weighted by atomic mass is 10.1. The van der Waals surface area contributed by atoms with Crippen LogP contribution in [0, 0.1) is 6.92 Å². The number of carbonyl (C=O) groups excluding carboxylic acids is 1. The molecule has 0 aromatic heterocycles. The number of hydrogen-bond donors (Lipinski definition) is 2. The average molecular weight is 236 g/mol. The highest BCUT2D eigenvalue weighted by Crippen LogP contribution is 2.02. The van der Waals surface area contributed by atoms with Gasteiger partial charge in [0.25, 0.3) is 0 Å². The Labute approximate surface area is 102 Å². The molecule has 0 bridgehead atoms. The Morgan fingerprint density at radius 3 is 2.59 bits per heavy atom. The first-order chi connectivity index (χ1) is 8.22. The fraction of sp³-hybridized carbons (Fsp3) is 0.462. The molecule has 0 heterocycles. The molecule has 4 nitrogen and oxygen atoms in total. The number of hydrogen-bond acceptors (Lipinski definition) is 2. The minimum absolute atomic E-state index is 0.137. The van der Waals surface area contributed by atoms with Gasteiger partial charge >= 0.3 is 6.03 Å². The van der Waals surface area contributed by atoms with Crippen LogP contribution in [0.1, 0.15) is 17.5 Å². The molecule has 1 rings (SSSR count). The van der Waals surface area contributed by atoms with Crippen molar-refractivity contribution in [3.05, 3.63) is 35.4 Å². The minimum atomic E-state index is -0.137. The molecule has 0 unspecified atom stereocenters. The Balaban J connectivity index is 2.17. The van der Waals surface area contributed by atoms with Crippen molar-refractivity contribution in [1.29, 1.82) is 0 Å². The molecule has 0 saturated heterocycles. The number of aryl methyl sites for hydroxylation is 1. The van der Waals surface area contributed by atoms with Crippen molar-refractivity contribution in [2.24, 2.45) is 0 Å². The van der Waals surface area contributed by atoms with E-state index in [1.54, 1.807) is 7.11 Å². The summed E-state index contributed by atoms with van der Waals surface area (Å²) in [4.78, 5) is 11.4. The maximum Gasteiger partial charge on any atom is 0.315 e. The van der Waals surface area contributed by atoms with Crippen LogP contribution in [-0.2, 0) is 11.3 Å². The number of ether oxygens (including phenoxy) is 1. The predicted molar refractivity (Wildman–Crippen MR) is 67.9 cm³/mol. The van der Waals surface area contributed by atoms with E-state index in [0.29, 0.717) is 19.7 Å². The van der Waals surface area contributed by atoms with E-state index in [4.69, 9.17) is 4.74 Å². The van der Waals surface area contributed by atoms with Crippen molar-refractivity contribution >= 4 is 6.03 Å². The number of benzene rings is 1. The van der Waals surface area contributed by atoms with Gasteiger partial charge in [0.05, 0.1) is 0 Å². The van der Waals surface area contributed by atoms with Gasteiger partial charge in [-0.3, -0.25) is 0 Å². The Kier molecular flexibility index (Phi) is 6.10. The quantitative estimate of drug-likeness (QED) is 0.740. The zero-order valence-corrected chi connectivity index (χ0v) is 10.5. The summed E-state index contributed by atoms with van der Waals surface area (Å²) < 4.78 is 4.89. The second kappa shape index (κ2) is 7.68. The molecule has 0 saturated carbocycles. The Morgan fingerprint density at radius 2 is 1.94 bits per heavy atom. The van der Waals surface area contributed by atoms with Crippen molar-refractivity contribution < 1.29 is 9.53 Å². The van der Waals surface area contributed by atoms with Gasteiger partial charge in [-0.25, -0.2) is 4.79 Å². The normalized spacial score (nSPS) is 10.0. The molecule has 0 radical (unpaired) electrons. The zero-order chi connectivity index (χ0) is 12.5. The fourth-order valence-corrected chi connectivity index (χ4v) is 1.37. The number of carbonyl (C=O) groups is 1. The third kappa shape index (κ3) is 5.92. The maximum absolute atomic E-state index is 11.4. The molecule has 0 aliphatic heterocycles. The van der Waals surface area contributed by atoms with Crippen LogP contribution in [0.5, 0.6) is 0 Å². The van der Waals surface area contributed by atoms with Gasteiger partial charge in [-0.2, -0.15) is 0 Å². The van der Waals surface area contributed by atoms with E-state index in [1.807, 2.05) is 31.2 Å². The summed E-state index contributed by atoms with van der Waals surface area (Å²) in [5.74, 6) is 0. The molecule has 1 aromatic rings. The summed E-state index contributed by atoms with van der Waals surface area (Å²) >= 11 is 0. The van der Waals surface area contributed by atoms with Crippen LogP contribution in [0.2, 0.25) is 0 Å². The van der Waals surface area contributed by atoms with E-state index in [0.717, 1.165) is 12.0 Å². The lowest BCUT2D eigenvalue weighted by Crippen LogP contribution is -2.35. The smallest absolute Gasteiger partial charge is 0.315 e. The number of rotatable bonds is 6. The largest absolute Gasteiger partial charge is 0.385 e. The van der Waals surface area contributed by atoms with E-state index in [9.17, 15) is 4.79 Å². The van der Waals surface area contributed by atoms with Crippen LogP contribution in [0.4, 0.5) is 4.79 Å². The molecule has 17 heavy (non-hydrogen) atoms. The Bertz CT molecular complexity index is 336. The highest BCUT2D eigenvalue weighted by Gasteiger charge is 1.99. The van der Waals surface area contributed by atoms with Gasteiger partial charge in [0.15, 0.2) is 0 Å². The van der Waals surface area contributed by atoms with Crippen LogP contribution < -0.4 is 10.6 Å². The lowest BCUT2D eigenvalue weighted by molar-refractivity contribution is 0.193. The third-order valence-corrected chi connectivity index (χ3v) is 2.38. The van der Waals surface area contributed by atoms with Gasteiger partial charge in [-0.15, -0.1) is 0 Å². The van der Waals surface area contributed by atoms with Crippen molar-refractivity contribution in [3.63, 3.8) is 0 Å². The molecule has 0 spiro atoms. The summed E-state index contributed by atoms with van der Waals surface area (Å²) in [5.41, 5.74) is 2.32. The first-order valence-electron chi connectivity index (χ1n) is 5.78. The zero-order valence-electron chi connectivity index (χ0n) is 10.5. The molecule has 0 fully saturated rings. The molecule has 0 aliphatic rings. The summed E-state index contributed by atoms with van der Waals surface area (Å²) in [6, 6.07) is 7.96. The summed E-state index contributed by atoms with van der Waals surface area (Å²) in [6.07, 6.45) is 0.828. The van der Waals surface area contributed by atoms with Crippen molar-refractivity contribution in [2.75, 3.05) is 20.3 Å². The Morgan fingerprint density at radius 1 is 1.24 bits per heavy atom. The SMILES string of the molecule is COCCCNC(=O)NCc1ccc(C)cc1. The average Bonchev–Trinajstić information content (AvgIpc) is 2.34. The van der Waals surface area contributed by atoms with Crippen molar-refractivity contribution in [2.45, 2.75) is 19.9 Å². The van der Waals surface area contributed by atoms with Crippen LogP contribution in [0.15, 0.2) is 24.3 Å². The molecule has 0 atom stereocenters. The van der Waals surface area contributed by atoms with Gasteiger partial charge in [0, 0.05) is 26.8 Å². The van der Waals surface area contributed by atoms with Crippen LogP contribution in [0.3, 0.4) is 0 Å². The van der Waals surface area contributed by atoms with E-state index in [1.165, 1.54) is 5.56 Å². The minimum Gasteiger partial charge on any atom is -0.385 e. The molecule has 4 heteroatoms. The molecule has 1 aromatic carbocycles. The van der Waals surface area contributed by atoms with E-state index in [-0.39, 0.29) is 6.03 Å². The molecule has 0 aliphatic carbocycles. The second-order valence-electron chi connectivity index (χ2n) is 3.94. The van der Waals surface area contributed by atoms with Crippen LogP contribution >= 0.6 is 0 Å². The lowest BCUT2D eigenvalue weighted by Gasteiger charge is -2.07. The molecular weight excluding hydrogens is 216 g/mol. The summed E-state index contributed by atoms with van der Waals surface area (Å²) in [7, 11) is 1.65. The van der Waals surface area contributed by atoms with Crippen molar-refractivity contribution in [3.8, 4) is 0 Å². The van der Waals surface area contributed by atoms with E-state index >= 15 is 0 Å². The van der Waals surface area contributed by atoms with Gasteiger partial charge in [0.2, 0.25) is 0 Å². The second-order valence-corrected chi connectivity index (χ2v) is 3.94. The van der Waals surface area contributed by atoms with Gasteiger partial charge in [-0.05, 0) is 18.9 Å². The maximum atomic E-state index is 11.4. The topological polar surface area (TPSA) is 50.4 Å². The van der Waals surface area contributed by atoms with Gasteiger partial charge < -0.3 is 15.4 Å². The first kappa shape index (κ1) is 13.5. The van der Waals surface area contributed by atoms with Crippen LogP contribution in [-0.4, -0.2) is 26.3 Å². The van der Waals surface area contributed by atoms with E-state index < -0.39 is 0 Å². The fourth-order valence-electron chi connectivity index (χ4n) is 1.37. The molecule has 94 valence electrons. The molecule has 2 N–H and O–H groups in total.